The average molecular weight is 494 g/mol. The lowest BCUT2D eigenvalue weighted by Crippen LogP contribution is -2.53. The van der Waals surface area contributed by atoms with E-state index in [9.17, 15) is 22.0 Å². The summed E-state index contributed by atoms with van der Waals surface area (Å²) in [5.41, 5.74) is 9.76. The van der Waals surface area contributed by atoms with Crippen molar-refractivity contribution in [2.45, 2.75) is 26.1 Å². The molecule has 0 atom stereocenters. The van der Waals surface area contributed by atoms with Crippen molar-refractivity contribution in [1.82, 2.24) is 5.06 Å². The Balaban J connectivity index is 0.00000320. The Morgan fingerprint density at radius 2 is 1.40 bits per heavy atom. The number of aliphatic imine (C=N–C) groups is 2. The lowest BCUT2D eigenvalue weighted by Gasteiger charge is -2.36. The van der Waals surface area contributed by atoms with Crippen LogP contribution < -0.4 is 11.5 Å². The smallest absolute Gasteiger partial charge is 0.226 e. The largest absolute Gasteiger partial charge is 0.368 e. The number of hydrogen-bond donors (Lipinski definition) is 2. The number of halogens is 6. The highest BCUT2D eigenvalue weighted by Gasteiger charge is 2.33. The predicted octanol–water partition coefficient (Wildman–Crippen LogP) is 3.74. The highest BCUT2D eigenvalue weighted by atomic mass is 79.9. The molecule has 0 fully saturated rings. The second kappa shape index (κ2) is 8.56. The van der Waals surface area contributed by atoms with Gasteiger partial charge in [-0.3, -0.25) is 4.84 Å². The summed E-state index contributed by atoms with van der Waals surface area (Å²) >= 11 is 0. The Morgan fingerprint density at radius 3 is 1.90 bits per heavy atom. The van der Waals surface area contributed by atoms with E-state index in [0.717, 1.165) is 0 Å². The summed E-state index contributed by atoms with van der Waals surface area (Å²) in [5, 5.41) is 1.24. The van der Waals surface area contributed by atoms with Gasteiger partial charge in [0.2, 0.25) is 17.7 Å². The number of hydrogen-bond acceptors (Lipinski definition) is 6. The van der Waals surface area contributed by atoms with E-state index in [-0.39, 0.29) is 41.1 Å². The second-order valence-electron chi connectivity index (χ2n) is 6.64. The number of nitrogens with two attached hydrogens (primary N) is 2. The number of benzene rings is 2. The van der Waals surface area contributed by atoms with E-state index in [1.54, 1.807) is 13.8 Å². The van der Waals surface area contributed by atoms with Gasteiger partial charge in [0.05, 0.1) is 5.56 Å². The normalized spacial score (nSPS) is 15.4. The van der Waals surface area contributed by atoms with Crippen molar-refractivity contribution in [3.63, 3.8) is 0 Å². The third kappa shape index (κ3) is 4.24. The molecular weight excluding hydrogens is 477 g/mol. The Kier molecular flexibility index (Phi) is 6.72. The van der Waals surface area contributed by atoms with Crippen LogP contribution in [0.2, 0.25) is 0 Å². The summed E-state index contributed by atoms with van der Waals surface area (Å²) < 4.78 is 67.9. The second-order valence-corrected chi connectivity index (χ2v) is 6.64. The fraction of sp³-hybridized carbons (Fsp3) is 0.222. The minimum absolute atomic E-state index is 0. The fourth-order valence-electron chi connectivity index (χ4n) is 2.78. The first-order valence-corrected chi connectivity index (χ1v) is 8.26. The topological polar surface area (TPSA) is 89.2 Å². The molecule has 3 rings (SSSR count). The van der Waals surface area contributed by atoms with Crippen molar-refractivity contribution < 1.29 is 26.8 Å². The Hall–Kier alpha value is -2.73. The summed E-state index contributed by atoms with van der Waals surface area (Å²) in [6, 6.07) is 5.25. The van der Waals surface area contributed by atoms with Crippen molar-refractivity contribution in [2.75, 3.05) is 0 Å². The van der Waals surface area contributed by atoms with Crippen LogP contribution in [-0.4, -0.2) is 22.6 Å². The monoisotopic (exact) mass is 493 g/mol. The van der Waals surface area contributed by atoms with Gasteiger partial charge in [0.1, 0.15) is 6.61 Å². The van der Waals surface area contributed by atoms with E-state index in [1.807, 2.05) is 0 Å². The van der Waals surface area contributed by atoms with Crippen molar-refractivity contribution >= 4 is 28.9 Å². The van der Waals surface area contributed by atoms with Gasteiger partial charge in [0.25, 0.3) is 0 Å². The molecule has 0 radical (unpaired) electrons. The van der Waals surface area contributed by atoms with Crippen LogP contribution in [0.25, 0.3) is 11.1 Å². The maximum Gasteiger partial charge on any atom is 0.226 e. The van der Waals surface area contributed by atoms with Crippen LogP contribution in [0.3, 0.4) is 0 Å². The summed E-state index contributed by atoms with van der Waals surface area (Å²) in [4.78, 5) is 13.5. The summed E-state index contributed by atoms with van der Waals surface area (Å²) in [7, 11) is 0. The lowest BCUT2D eigenvalue weighted by molar-refractivity contribution is -0.166. The highest BCUT2D eigenvalue weighted by molar-refractivity contribution is 8.93. The molecule has 0 aliphatic carbocycles. The zero-order valence-electron chi connectivity index (χ0n) is 15.7. The third-order valence-corrected chi connectivity index (χ3v) is 4.14. The van der Waals surface area contributed by atoms with Gasteiger partial charge in [-0.25, -0.2) is 26.9 Å². The fourth-order valence-corrected chi connectivity index (χ4v) is 2.78. The molecule has 0 saturated carbocycles. The zero-order valence-corrected chi connectivity index (χ0v) is 17.4. The molecule has 12 heteroatoms. The molecule has 2 aromatic carbocycles. The molecule has 1 heterocycles. The van der Waals surface area contributed by atoms with Gasteiger partial charge in [-0.05, 0) is 25.0 Å². The summed E-state index contributed by atoms with van der Waals surface area (Å²) in [6.07, 6.45) is 0. The van der Waals surface area contributed by atoms with E-state index in [2.05, 4.69) is 9.98 Å². The molecule has 0 aromatic heterocycles. The van der Waals surface area contributed by atoms with Crippen LogP contribution in [0, 0.1) is 29.1 Å². The summed E-state index contributed by atoms with van der Waals surface area (Å²) in [6.45, 7) is 3.34. The quantitative estimate of drug-likeness (QED) is 0.385. The molecule has 30 heavy (non-hydrogen) atoms. The lowest BCUT2D eigenvalue weighted by atomic mass is 10.0. The van der Waals surface area contributed by atoms with Crippen LogP contribution >= 0.6 is 17.0 Å². The number of guanidine groups is 2. The van der Waals surface area contributed by atoms with Gasteiger partial charge in [0.15, 0.2) is 28.9 Å². The van der Waals surface area contributed by atoms with Crippen LogP contribution in [0.1, 0.15) is 19.4 Å². The predicted molar refractivity (Wildman–Crippen MR) is 106 cm³/mol. The third-order valence-electron chi connectivity index (χ3n) is 4.14. The van der Waals surface area contributed by atoms with Gasteiger partial charge in [-0.2, -0.15) is 10.1 Å². The first-order chi connectivity index (χ1) is 13.5. The van der Waals surface area contributed by atoms with E-state index < -0.39 is 40.3 Å². The SMILES string of the molecule is Br.CC1(C)N=C(N)N=C(N)N1OCc1ccc(-c2c(F)c(F)c(F)c(F)c2F)cc1. The molecular formula is C18H17BrF5N5O. The van der Waals surface area contributed by atoms with E-state index in [4.69, 9.17) is 16.3 Å². The number of hydroxylamine groups is 2. The highest BCUT2D eigenvalue weighted by Crippen LogP contribution is 2.31. The Morgan fingerprint density at radius 1 is 0.900 bits per heavy atom. The minimum Gasteiger partial charge on any atom is -0.368 e. The van der Waals surface area contributed by atoms with E-state index in [1.165, 1.54) is 29.3 Å². The maximum atomic E-state index is 13.9. The maximum absolute atomic E-state index is 13.9. The molecule has 0 saturated heterocycles. The van der Waals surface area contributed by atoms with E-state index >= 15 is 0 Å². The minimum atomic E-state index is -2.21. The van der Waals surface area contributed by atoms with Gasteiger partial charge in [-0.15, -0.1) is 17.0 Å². The van der Waals surface area contributed by atoms with E-state index in [0.29, 0.717) is 5.56 Å². The van der Waals surface area contributed by atoms with Gasteiger partial charge < -0.3 is 11.5 Å². The molecule has 6 nitrogen and oxygen atoms in total. The Bertz CT molecular complexity index is 998. The molecule has 1 aliphatic heterocycles. The first-order valence-electron chi connectivity index (χ1n) is 8.26. The van der Waals surface area contributed by atoms with Gasteiger partial charge in [-0.1, -0.05) is 24.3 Å². The molecule has 0 bridgehead atoms. The van der Waals surface area contributed by atoms with Crippen molar-refractivity contribution in [2.24, 2.45) is 21.5 Å². The Labute approximate surface area is 178 Å². The standard InChI is InChI=1S/C18H16F5N5O.BrH/c1-18(2)27-16(24)26-17(25)28(18)29-7-8-3-5-9(6-4-8)10-11(19)13(21)15(23)14(22)12(10)20;/h3-6H,7H2,1-2H3,(H4,24,25,26,27);1H. The zero-order chi connectivity index (χ0) is 21.5. The van der Waals surface area contributed by atoms with Crippen LogP contribution in [-0.2, 0) is 11.4 Å². The summed E-state index contributed by atoms with van der Waals surface area (Å²) in [5.74, 6) is -10.0. The van der Waals surface area contributed by atoms with Gasteiger partial charge in [0, 0.05) is 0 Å². The molecule has 0 spiro atoms. The van der Waals surface area contributed by atoms with Crippen molar-refractivity contribution in [1.29, 1.82) is 0 Å². The van der Waals surface area contributed by atoms with Crippen LogP contribution in [0.5, 0.6) is 0 Å². The molecule has 1 aliphatic rings. The molecule has 0 amide bonds. The number of nitrogens with zero attached hydrogens (tertiary/aromatic N) is 3. The van der Waals surface area contributed by atoms with Crippen LogP contribution in [0.4, 0.5) is 22.0 Å². The van der Waals surface area contributed by atoms with Gasteiger partial charge >= 0.3 is 0 Å². The molecule has 2 aromatic rings. The molecule has 162 valence electrons. The van der Waals surface area contributed by atoms with Crippen molar-refractivity contribution in [3.05, 3.63) is 58.9 Å². The number of rotatable bonds is 4. The first kappa shape index (κ1) is 23.5. The van der Waals surface area contributed by atoms with Crippen molar-refractivity contribution in [3.8, 4) is 11.1 Å². The molecule has 0 unspecified atom stereocenters. The van der Waals surface area contributed by atoms with Crippen LogP contribution in [0.15, 0.2) is 34.3 Å². The average Bonchev–Trinajstić information content (AvgIpc) is 2.64. The molecule has 4 N–H and O–H groups in total.